The minimum Gasteiger partial charge on any atom is -0.508 e. The van der Waals surface area contributed by atoms with Crippen LogP contribution in [0.2, 0.25) is 0 Å². The molecule has 3 rings (SSSR count). The summed E-state index contributed by atoms with van der Waals surface area (Å²) in [5, 5.41) is 14.0. The number of thiocarbonyl (C=S) groups is 1. The zero-order valence-electron chi connectivity index (χ0n) is 14.4. The molecule has 0 amide bonds. The Hall–Kier alpha value is -2.11. The largest absolute Gasteiger partial charge is 0.508 e. The Bertz CT molecular complexity index is 712. The summed E-state index contributed by atoms with van der Waals surface area (Å²) in [4.78, 5) is 2.07. The van der Waals surface area contributed by atoms with Gasteiger partial charge >= 0.3 is 0 Å². The number of para-hydroxylation sites is 1. The maximum atomic E-state index is 10.1. The lowest BCUT2D eigenvalue weighted by Crippen LogP contribution is -2.39. The minimum atomic E-state index is 0.184. The predicted octanol–water partition coefficient (Wildman–Crippen LogP) is 4.08. The SMILES string of the molecule is Cc1ccc(NC(=S)N(Cc2ccccc2O)C[C@H]2CCCO2)cc1. The van der Waals surface area contributed by atoms with Crippen molar-refractivity contribution in [3.63, 3.8) is 0 Å². The molecule has 0 radical (unpaired) electrons. The van der Waals surface area contributed by atoms with Crippen molar-refractivity contribution in [1.82, 2.24) is 4.90 Å². The number of aryl methyl sites for hydroxylation is 1. The molecule has 1 aliphatic heterocycles. The van der Waals surface area contributed by atoms with E-state index in [4.69, 9.17) is 17.0 Å². The Balaban J connectivity index is 1.73. The van der Waals surface area contributed by atoms with Crippen molar-refractivity contribution >= 4 is 23.0 Å². The van der Waals surface area contributed by atoms with Crippen LogP contribution >= 0.6 is 12.2 Å². The highest BCUT2D eigenvalue weighted by molar-refractivity contribution is 7.80. The topological polar surface area (TPSA) is 44.7 Å². The average molecular weight is 356 g/mol. The molecule has 132 valence electrons. The molecule has 2 aromatic rings. The van der Waals surface area contributed by atoms with Crippen LogP contribution in [-0.2, 0) is 11.3 Å². The number of hydrogen-bond acceptors (Lipinski definition) is 3. The van der Waals surface area contributed by atoms with E-state index in [0.29, 0.717) is 18.2 Å². The van der Waals surface area contributed by atoms with E-state index < -0.39 is 0 Å². The highest BCUT2D eigenvalue weighted by atomic mass is 32.1. The van der Waals surface area contributed by atoms with Crippen LogP contribution in [0, 0.1) is 6.92 Å². The van der Waals surface area contributed by atoms with Gasteiger partial charge in [0.25, 0.3) is 0 Å². The zero-order valence-corrected chi connectivity index (χ0v) is 15.3. The smallest absolute Gasteiger partial charge is 0.173 e. The fourth-order valence-corrected chi connectivity index (χ4v) is 3.20. The van der Waals surface area contributed by atoms with Crippen molar-refractivity contribution in [2.75, 3.05) is 18.5 Å². The number of nitrogens with zero attached hydrogens (tertiary/aromatic N) is 1. The third-order valence-electron chi connectivity index (χ3n) is 4.39. The monoisotopic (exact) mass is 356 g/mol. The van der Waals surface area contributed by atoms with Gasteiger partial charge in [-0.2, -0.15) is 0 Å². The minimum absolute atomic E-state index is 0.184. The maximum absolute atomic E-state index is 10.1. The van der Waals surface area contributed by atoms with Crippen molar-refractivity contribution in [3.05, 3.63) is 59.7 Å². The molecular weight excluding hydrogens is 332 g/mol. The molecule has 1 heterocycles. The summed E-state index contributed by atoms with van der Waals surface area (Å²) >= 11 is 5.64. The molecule has 1 aliphatic rings. The van der Waals surface area contributed by atoms with Crippen molar-refractivity contribution in [2.24, 2.45) is 0 Å². The molecule has 25 heavy (non-hydrogen) atoms. The van der Waals surface area contributed by atoms with Gasteiger partial charge in [-0.1, -0.05) is 35.9 Å². The van der Waals surface area contributed by atoms with Crippen molar-refractivity contribution in [2.45, 2.75) is 32.4 Å². The van der Waals surface area contributed by atoms with Crippen LogP contribution in [-0.4, -0.2) is 34.4 Å². The van der Waals surface area contributed by atoms with Crippen LogP contribution < -0.4 is 5.32 Å². The molecule has 0 aliphatic carbocycles. The second kappa shape index (κ2) is 8.32. The highest BCUT2D eigenvalue weighted by Gasteiger charge is 2.22. The second-order valence-electron chi connectivity index (χ2n) is 6.44. The Labute approximate surface area is 154 Å². The van der Waals surface area contributed by atoms with Gasteiger partial charge in [0.1, 0.15) is 5.75 Å². The molecule has 2 N–H and O–H groups in total. The standard InChI is InChI=1S/C20H24N2O2S/c1-15-8-10-17(11-9-15)21-20(25)22(14-18-6-4-12-24-18)13-16-5-2-3-7-19(16)23/h2-3,5,7-11,18,23H,4,6,12-14H2,1H3,(H,21,25)/t18-/m1/s1. The van der Waals surface area contributed by atoms with Crippen LogP contribution in [0.5, 0.6) is 5.75 Å². The lowest BCUT2D eigenvalue weighted by atomic mass is 10.1. The average Bonchev–Trinajstić information content (AvgIpc) is 3.11. The highest BCUT2D eigenvalue weighted by Crippen LogP contribution is 2.21. The number of aromatic hydroxyl groups is 1. The fourth-order valence-electron chi connectivity index (χ4n) is 2.94. The molecule has 0 bridgehead atoms. The summed E-state index contributed by atoms with van der Waals surface area (Å²) in [6, 6.07) is 15.5. The van der Waals surface area contributed by atoms with Crippen molar-refractivity contribution in [3.8, 4) is 5.75 Å². The van der Waals surface area contributed by atoms with Crippen LogP contribution in [0.1, 0.15) is 24.0 Å². The lowest BCUT2D eigenvalue weighted by Gasteiger charge is -2.28. The number of phenols is 1. The first kappa shape index (κ1) is 17.7. The third kappa shape index (κ3) is 4.94. The molecule has 2 aromatic carbocycles. The van der Waals surface area contributed by atoms with Crippen molar-refractivity contribution in [1.29, 1.82) is 0 Å². The predicted molar refractivity (Wildman–Crippen MR) is 105 cm³/mol. The first-order valence-electron chi connectivity index (χ1n) is 8.63. The fraction of sp³-hybridized carbons (Fsp3) is 0.350. The first-order chi connectivity index (χ1) is 12.1. The number of ether oxygens (including phenoxy) is 1. The quantitative estimate of drug-likeness (QED) is 0.791. The third-order valence-corrected chi connectivity index (χ3v) is 4.75. The summed E-state index contributed by atoms with van der Waals surface area (Å²) in [5.74, 6) is 0.290. The molecule has 1 fully saturated rings. The van der Waals surface area contributed by atoms with E-state index in [1.807, 2.05) is 30.3 Å². The summed E-state index contributed by atoms with van der Waals surface area (Å²) in [6.45, 7) is 4.13. The van der Waals surface area contributed by atoms with Gasteiger partial charge in [-0.3, -0.25) is 0 Å². The van der Waals surface area contributed by atoms with Gasteiger partial charge < -0.3 is 20.1 Å². The second-order valence-corrected chi connectivity index (χ2v) is 6.83. The number of nitrogens with one attached hydrogen (secondary N) is 1. The van der Waals surface area contributed by atoms with E-state index in [1.165, 1.54) is 5.56 Å². The molecule has 1 atom stereocenters. The number of hydrogen-bond donors (Lipinski definition) is 2. The van der Waals surface area contributed by atoms with Gasteiger partial charge in [-0.15, -0.1) is 0 Å². The van der Waals surface area contributed by atoms with Gasteiger partial charge in [0, 0.05) is 30.9 Å². The first-order valence-corrected chi connectivity index (χ1v) is 9.04. The summed E-state index contributed by atoms with van der Waals surface area (Å²) in [7, 11) is 0. The summed E-state index contributed by atoms with van der Waals surface area (Å²) < 4.78 is 5.78. The van der Waals surface area contributed by atoms with Crippen LogP contribution in [0.25, 0.3) is 0 Å². The van der Waals surface area contributed by atoms with E-state index in [0.717, 1.165) is 30.7 Å². The Morgan fingerprint density at radius 2 is 2.00 bits per heavy atom. The van der Waals surface area contributed by atoms with E-state index in [1.54, 1.807) is 6.07 Å². The van der Waals surface area contributed by atoms with Gasteiger partial charge in [0.05, 0.1) is 6.10 Å². The molecule has 4 nitrogen and oxygen atoms in total. The summed E-state index contributed by atoms with van der Waals surface area (Å²) in [5.41, 5.74) is 3.03. The molecule has 0 saturated carbocycles. The molecule has 5 heteroatoms. The van der Waals surface area contributed by atoms with Gasteiger partial charge in [-0.25, -0.2) is 0 Å². The molecule has 1 saturated heterocycles. The maximum Gasteiger partial charge on any atom is 0.173 e. The van der Waals surface area contributed by atoms with Crippen LogP contribution in [0.15, 0.2) is 48.5 Å². The summed E-state index contributed by atoms with van der Waals surface area (Å²) in [6.07, 6.45) is 2.32. The van der Waals surface area contributed by atoms with Crippen molar-refractivity contribution < 1.29 is 9.84 Å². The van der Waals surface area contributed by atoms with Crippen LogP contribution in [0.4, 0.5) is 5.69 Å². The number of phenolic OH excluding ortho intramolecular Hbond substituents is 1. The van der Waals surface area contributed by atoms with Gasteiger partial charge in [-0.05, 0) is 50.2 Å². The number of anilines is 1. The van der Waals surface area contributed by atoms with E-state index in [9.17, 15) is 5.11 Å². The number of benzene rings is 2. The normalized spacial score (nSPS) is 16.6. The lowest BCUT2D eigenvalue weighted by molar-refractivity contribution is 0.0904. The molecule has 0 aromatic heterocycles. The van der Waals surface area contributed by atoms with E-state index in [-0.39, 0.29) is 11.9 Å². The zero-order chi connectivity index (χ0) is 17.6. The van der Waals surface area contributed by atoms with Gasteiger partial charge in [0.2, 0.25) is 0 Å². The molecular formula is C20H24N2O2S. The number of rotatable bonds is 5. The molecule has 0 spiro atoms. The van der Waals surface area contributed by atoms with E-state index in [2.05, 4.69) is 29.3 Å². The van der Waals surface area contributed by atoms with Gasteiger partial charge in [0.15, 0.2) is 5.11 Å². The molecule has 0 unspecified atom stereocenters. The van der Waals surface area contributed by atoms with E-state index >= 15 is 0 Å². The Morgan fingerprint density at radius 3 is 2.68 bits per heavy atom. The van der Waals surface area contributed by atoms with Crippen LogP contribution in [0.3, 0.4) is 0 Å². The Morgan fingerprint density at radius 1 is 1.24 bits per heavy atom. The Kier molecular flexibility index (Phi) is 5.89.